The average Bonchev–Trinajstić information content (AvgIpc) is 2.32. The molecule has 0 aliphatic carbocycles. The average molecular weight is 380 g/mol. The fourth-order valence-electron chi connectivity index (χ4n) is 1.39. The van der Waals surface area contributed by atoms with E-state index < -0.39 is 6.04 Å². The SMILES string of the molecule is COCCCC(N)C(=O)Nc1ccc(Br)cc1Br. The first-order valence-corrected chi connectivity index (χ1v) is 7.13. The highest BCUT2D eigenvalue weighted by atomic mass is 79.9. The minimum Gasteiger partial charge on any atom is -0.385 e. The van der Waals surface area contributed by atoms with Crippen molar-refractivity contribution in [3.05, 3.63) is 27.1 Å². The zero-order chi connectivity index (χ0) is 13.5. The third kappa shape index (κ3) is 5.06. The van der Waals surface area contributed by atoms with Crippen molar-refractivity contribution in [3.63, 3.8) is 0 Å². The summed E-state index contributed by atoms with van der Waals surface area (Å²) in [5.41, 5.74) is 6.51. The maximum absolute atomic E-state index is 11.8. The van der Waals surface area contributed by atoms with Crippen LogP contribution in [-0.2, 0) is 9.53 Å². The number of hydrogen-bond donors (Lipinski definition) is 2. The zero-order valence-corrected chi connectivity index (χ0v) is 13.3. The number of nitrogens with one attached hydrogen (secondary N) is 1. The van der Waals surface area contributed by atoms with Crippen LogP contribution >= 0.6 is 31.9 Å². The van der Waals surface area contributed by atoms with Gasteiger partial charge in [-0.15, -0.1) is 0 Å². The van der Waals surface area contributed by atoms with Gasteiger partial charge in [0.25, 0.3) is 0 Å². The first-order chi connectivity index (χ1) is 8.54. The van der Waals surface area contributed by atoms with Gasteiger partial charge in [0.1, 0.15) is 0 Å². The van der Waals surface area contributed by atoms with Gasteiger partial charge in [0.15, 0.2) is 0 Å². The molecule has 1 unspecified atom stereocenters. The highest BCUT2D eigenvalue weighted by Crippen LogP contribution is 2.26. The van der Waals surface area contributed by atoms with Crippen LogP contribution in [0.5, 0.6) is 0 Å². The molecule has 1 rings (SSSR count). The van der Waals surface area contributed by atoms with Crippen molar-refractivity contribution in [2.45, 2.75) is 18.9 Å². The van der Waals surface area contributed by atoms with Gasteiger partial charge < -0.3 is 15.8 Å². The second kappa shape index (κ2) is 7.89. The van der Waals surface area contributed by atoms with E-state index in [1.807, 2.05) is 18.2 Å². The van der Waals surface area contributed by atoms with Gasteiger partial charge in [-0.25, -0.2) is 0 Å². The molecule has 3 N–H and O–H groups in total. The number of halogens is 2. The lowest BCUT2D eigenvalue weighted by atomic mass is 10.1. The lowest BCUT2D eigenvalue weighted by Gasteiger charge is -2.13. The third-order valence-corrected chi connectivity index (χ3v) is 3.54. The van der Waals surface area contributed by atoms with Crippen molar-refractivity contribution in [3.8, 4) is 0 Å². The molecule has 0 radical (unpaired) electrons. The first kappa shape index (κ1) is 15.6. The van der Waals surface area contributed by atoms with E-state index in [1.165, 1.54) is 0 Å². The molecule has 100 valence electrons. The number of carbonyl (C=O) groups excluding carboxylic acids is 1. The molecule has 4 nitrogen and oxygen atoms in total. The smallest absolute Gasteiger partial charge is 0.241 e. The Morgan fingerprint density at radius 1 is 1.50 bits per heavy atom. The van der Waals surface area contributed by atoms with Crippen LogP contribution in [0.25, 0.3) is 0 Å². The second-order valence-electron chi connectivity index (χ2n) is 3.85. The number of hydrogen-bond acceptors (Lipinski definition) is 3. The van der Waals surface area contributed by atoms with Crippen molar-refractivity contribution >= 4 is 43.5 Å². The maximum Gasteiger partial charge on any atom is 0.241 e. The van der Waals surface area contributed by atoms with E-state index in [9.17, 15) is 4.79 Å². The highest BCUT2D eigenvalue weighted by molar-refractivity contribution is 9.11. The van der Waals surface area contributed by atoms with Crippen LogP contribution in [0.4, 0.5) is 5.69 Å². The summed E-state index contributed by atoms with van der Waals surface area (Å²) < 4.78 is 6.68. The molecule has 0 aliphatic rings. The quantitative estimate of drug-likeness (QED) is 0.747. The maximum atomic E-state index is 11.8. The Morgan fingerprint density at radius 3 is 2.83 bits per heavy atom. The third-order valence-electron chi connectivity index (χ3n) is 2.39. The van der Waals surface area contributed by atoms with Crippen molar-refractivity contribution in [1.82, 2.24) is 0 Å². The summed E-state index contributed by atoms with van der Waals surface area (Å²) >= 11 is 6.74. The van der Waals surface area contributed by atoms with Gasteiger partial charge in [-0.1, -0.05) is 15.9 Å². The van der Waals surface area contributed by atoms with E-state index >= 15 is 0 Å². The molecule has 0 bridgehead atoms. The number of benzene rings is 1. The summed E-state index contributed by atoms with van der Waals surface area (Å²) in [5.74, 6) is -0.186. The number of nitrogens with two attached hydrogens (primary N) is 1. The van der Waals surface area contributed by atoms with Crippen LogP contribution in [0.15, 0.2) is 27.1 Å². The number of carbonyl (C=O) groups is 1. The fraction of sp³-hybridized carbons (Fsp3) is 0.417. The molecular formula is C12H16Br2N2O2. The lowest BCUT2D eigenvalue weighted by Crippen LogP contribution is -2.35. The Balaban J connectivity index is 2.53. The van der Waals surface area contributed by atoms with Gasteiger partial charge in [0, 0.05) is 22.7 Å². The largest absolute Gasteiger partial charge is 0.385 e. The van der Waals surface area contributed by atoms with Gasteiger partial charge in [-0.2, -0.15) is 0 Å². The van der Waals surface area contributed by atoms with E-state index in [1.54, 1.807) is 7.11 Å². The predicted octanol–water partition coefficient (Wildman–Crippen LogP) is 2.90. The van der Waals surface area contributed by atoms with Crippen molar-refractivity contribution in [2.75, 3.05) is 19.0 Å². The van der Waals surface area contributed by atoms with Crippen LogP contribution in [0.3, 0.4) is 0 Å². The van der Waals surface area contributed by atoms with Gasteiger partial charge in [-0.05, 0) is 47.0 Å². The number of anilines is 1. The summed E-state index contributed by atoms with van der Waals surface area (Å²) in [5, 5.41) is 2.79. The van der Waals surface area contributed by atoms with Crippen LogP contribution in [0.1, 0.15) is 12.8 Å². The highest BCUT2D eigenvalue weighted by Gasteiger charge is 2.14. The van der Waals surface area contributed by atoms with Crippen LogP contribution in [-0.4, -0.2) is 25.7 Å². The van der Waals surface area contributed by atoms with Gasteiger partial charge in [0.2, 0.25) is 5.91 Å². The van der Waals surface area contributed by atoms with Crippen molar-refractivity contribution < 1.29 is 9.53 Å². The Bertz CT molecular complexity index is 413. The molecule has 0 aliphatic heterocycles. The molecule has 0 spiro atoms. The Kier molecular flexibility index (Phi) is 6.85. The summed E-state index contributed by atoms with van der Waals surface area (Å²) in [6, 6.07) is 5.02. The topological polar surface area (TPSA) is 64.3 Å². The van der Waals surface area contributed by atoms with Gasteiger partial charge in [0.05, 0.1) is 11.7 Å². The molecule has 0 saturated carbocycles. The molecule has 1 amide bonds. The molecule has 1 aromatic carbocycles. The Morgan fingerprint density at radius 2 is 2.22 bits per heavy atom. The number of amides is 1. The van der Waals surface area contributed by atoms with E-state index in [2.05, 4.69) is 37.2 Å². The van der Waals surface area contributed by atoms with Crippen LogP contribution < -0.4 is 11.1 Å². The Labute approximate surface area is 124 Å². The van der Waals surface area contributed by atoms with Gasteiger partial charge in [-0.3, -0.25) is 4.79 Å². The summed E-state index contributed by atoms with van der Waals surface area (Å²) in [4.78, 5) is 11.8. The summed E-state index contributed by atoms with van der Waals surface area (Å²) in [6.07, 6.45) is 1.38. The van der Waals surface area contributed by atoms with Gasteiger partial charge >= 0.3 is 0 Å². The lowest BCUT2D eigenvalue weighted by molar-refractivity contribution is -0.117. The van der Waals surface area contributed by atoms with Crippen LogP contribution in [0, 0.1) is 0 Å². The zero-order valence-electron chi connectivity index (χ0n) is 10.1. The molecule has 6 heteroatoms. The fourth-order valence-corrected chi connectivity index (χ4v) is 2.54. The standard InChI is InChI=1S/C12H16Br2N2O2/c1-18-6-2-3-10(15)12(17)16-11-5-4-8(13)7-9(11)14/h4-5,7,10H,2-3,6,15H2,1H3,(H,16,17). The molecule has 0 heterocycles. The number of ether oxygens (including phenoxy) is 1. The Hall–Kier alpha value is -0.430. The molecule has 0 fully saturated rings. The number of methoxy groups -OCH3 is 1. The molecule has 0 aromatic heterocycles. The molecule has 1 aromatic rings. The summed E-state index contributed by atoms with van der Waals surface area (Å²) in [6.45, 7) is 0.614. The predicted molar refractivity (Wildman–Crippen MR) is 79.6 cm³/mol. The molecular weight excluding hydrogens is 364 g/mol. The summed E-state index contributed by atoms with van der Waals surface area (Å²) in [7, 11) is 1.63. The van der Waals surface area contributed by atoms with Crippen LogP contribution in [0.2, 0.25) is 0 Å². The van der Waals surface area contributed by atoms with Crippen molar-refractivity contribution in [2.24, 2.45) is 5.73 Å². The first-order valence-electron chi connectivity index (χ1n) is 5.55. The minimum absolute atomic E-state index is 0.186. The van der Waals surface area contributed by atoms with E-state index in [0.29, 0.717) is 18.7 Å². The van der Waals surface area contributed by atoms with E-state index in [4.69, 9.17) is 10.5 Å². The van der Waals surface area contributed by atoms with E-state index in [-0.39, 0.29) is 5.91 Å². The molecule has 0 saturated heterocycles. The van der Waals surface area contributed by atoms with E-state index in [0.717, 1.165) is 15.4 Å². The van der Waals surface area contributed by atoms with Crippen molar-refractivity contribution in [1.29, 1.82) is 0 Å². The second-order valence-corrected chi connectivity index (χ2v) is 5.62. The molecule has 1 atom stereocenters. The monoisotopic (exact) mass is 378 g/mol. The normalized spacial score (nSPS) is 12.2. The molecule has 18 heavy (non-hydrogen) atoms. The minimum atomic E-state index is -0.518. The number of rotatable bonds is 6.